The predicted octanol–water partition coefficient (Wildman–Crippen LogP) is 3.99. The van der Waals surface area contributed by atoms with Crippen molar-refractivity contribution in [3.05, 3.63) is 11.8 Å². The lowest BCUT2D eigenvalue weighted by Gasteiger charge is -2.18. The zero-order valence-corrected chi connectivity index (χ0v) is 13.1. The van der Waals surface area contributed by atoms with Gasteiger partial charge in [-0.2, -0.15) is 4.98 Å². The monoisotopic (exact) mass is 276 g/mol. The van der Waals surface area contributed by atoms with Crippen molar-refractivity contribution in [2.75, 3.05) is 17.2 Å². The van der Waals surface area contributed by atoms with Crippen molar-refractivity contribution in [1.29, 1.82) is 0 Å². The van der Waals surface area contributed by atoms with Crippen LogP contribution in [0.1, 0.15) is 58.1 Å². The topological polar surface area (TPSA) is 49.8 Å². The van der Waals surface area contributed by atoms with Gasteiger partial charge in [-0.05, 0) is 25.7 Å². The molecule has 0 aromatic carbocycles. The molecule has 0 bridgehead atoms. The van der Waals surface area contributed by atoms with E-state index in [1.807, 2.05) is 13.0 Å². The molecule has 2 N–H and O–H groups in total. The molecule has 0 saturated heterocycles. The van der Waals surface area contributed by atoms with Crippen LogP contribution >= 0.6 is 0 Å². The highest BCUT2D eigenvalue weighted by Crippen LogP contribution is 2.21. The van der Waals surface area contributed by atoms with Gasteiger partial charge in [0.15, 0.2) is 0 Å². The van der Waals surface area contributed by atoms with E-state index >= 15 is 0 Å². The van der Waals surface area contributed by atoms with Crippen LogP contribution in [0.15, 0.2) is 6.07 Å². The number of aromatic nitrogens is 2. The number of anilines is 2. The number of hydrogen-bond acceptors (Lipinski definition) is 4. The minimum absolute atomic E-state index is 0.574. The van der Waals surface area contributed by atoms with Gasteiger partial charge < -0.3 is 10.6 Å². The molecule has 1 aromatic heterocycles. The summed E-state index contributed by atoms with van der Waals surface area (Å²) in [6.07, 6.45) is 7.94. The molecule has 4 heteroatoms. The molecule has 1 aliphatic carbocycles. The van der Waals surface area contributed by atoms with Crippen molar-refractivity contribution < 1.29 is 0 Å². The highest BCUT2D eigenvalue weighted by atomic mass is 15.1. The van der Waals surface area contributed by atoms with Gasteiger partial charge >= 0.3 is 0 Å². The Hall–Kier alpha value is -1.32. The first-order valence-corrected chi connectivity index (χ1v) is 7.99. The van der Waals surface area contributed by atoms with Crippen LogP contribution in [-0.4, -0.2) is 22.6 Å². The molecule has 1 heterocycles. The highest BCUT2D eigenvalue weighted by molar-refractivity contribution is 5.42. The van der Waals surface area contributed by atoms with Crippen molar-refractivity contribution in [3.63, 3.8) is 0 Å². The summed E-state index contributed by atoms with van der Waals surface area (Å²) in [5.41, 5.74) is 1.02. The van der Waals surface area contributed by atoms with Crippen molar-refractivity contribution in [2.24, 2.45) is 5.92 Å². The van der Waals surface area contributed by atoms with Crippen LogP contribution < -0.4 is 10.6 Å². The molecular formula is C16H28N4. The molecule has 2 rings (SSSR count). The second kappa shape index (κ2) is 7.46. The normalized spacial score (nSPS) is 17.0. The Morgan fingerprint density at radius 3 is 2.50 bits per heavy atom. The Bertz CT molecular complexity index is 409. The molecule has 0 unspecified atom stereocenters. The molecule has 0 amide bonds. The molecule has 1 saturated carbocycles. The molecule has 0 atom stereocenters. The minimum Gasteiger partial charge on any atom is -0.367 e. The molecule has 0 radical (unpaired) electrons. The van der Waals surface area contributed by atoms with Gasteiger partial charge in [-0.3, -0.25) is 0 Å². The molecule has 1 fully saturated rings. The van der Waals surface area contributed by atoms with E-state index in [2.05, 4.69) is 34.4 Å². The van der Waals surface area contributed by atoms with Crippen molar-refractivity contribution in [2.45, 2.75) is 65.3 Å². The first-order valence-electron chi connectivity index (χ1n) is 7.99. The summed E-state index contributed by atoms with van der Waals surface area (Å²) in [6, 6.07) is 2.62. The van der Waals surface area contributed by atoms with E-state index in [9.17, 15) is 0 Å². The number of nitrogens with zero attached hydrogens (tertiary/aromatic N) is 2. The SMILES string of the molecule is Cc1cc(NC2CCCCCC2)nc(NCC(C)C)n1. The van der Waals surface area contributed by atoms with Crippen LogP contribution in [0.3, 0.4) is 0 Å². The highest BCUT2D eigenvalue weighted by Gasteiger charge is 2.13. The Morgan fingerprint density at radius 1 is 1.15 bits per heavy atom. The zero-order valence-electron chi connectivity index (χ0n) is 13.1. The lowest BCUT2D eigenvalue weighted by atomic mass is 10.1. The van der Waals surface area contributed by atoms with Gasteiger partial charge in [-0.25, -0.2) is 4.98 Å². The number of nitrogens with one attached hydrogen (secondary N) is 2. The summed E-state index contributed by atoms with van der Waals surface area (Å²) in [7, 11) is 0. The van der Waals surface area contributed by atoms with Gasteiger partial charge in [0.1, 0.15) is 5.82 Å². The van der Waals surface area contributed by atoms with Gasteiger partial charge in [0.25, 0.3) is 0 Å². The standard InChI is InChI=1S/C16H28N4/c1-12(2)11-17-16-18-13(3)10-15(20-16)19-14-8-6-4-5-7-9-14/h10,12,14H,4-9,11H2,1-3H3,(H2,17,18,19,20). The third kappa shape index (κ3) is 4.99. The second-order valence-electron chi connectivity index (χ2n) is 6.33. The average Bonchev–Trinajstić information content (AvgIpc) is 2.64. The van der Waals surface area contributed by atoms with Gasteiger partial charge in [-0.15, -0.1) is 0 Å². The van der Waals surface area contributed by atoms with E-state index in [1.165, 1.54) is 38.5 Å². The van der Waals surface area contributed by atoms with E-state index < -0.39 is 0 Å². The summed E-state index contributed by atoms with van der Waals surface area (Å²) < 4.78 is 0. The Morgan fingerprint density at radius 2 is 1.85 bits per heavy atom. The fourth-order valence-electron chi connectivity index (χ4n) is 2.65. The van der Waals surface area contributed by atoms with Crippen LogP contribution in [0.4, 0.5) is 11.8 Å². The smallest absolute Gasteiger partial charge is 0.224 e. The molecule has 0 aliphatic heterocycles. The number of hydrogen-bond donors (Lipinski definition) is 2. The fourth-order valence-corrected chi connectivity index (χ4v) is 2.65. The Kier molecular flexibility index (Phi) is 5.62. The van der Waals surface area contributed by atoms with E-state index in [-0.39, 0.29) is 0 Å². The third-order valence-corrected chi connectivity index (χ3v) is 3.73. The quantitative estimate of drug-likeness (QED) is 0.798. The first-order chi connectivity index (χ1) is 9.63. The predicted molar refractivity (Wildman–Crippen MR) is 85.2 cm³/mol. The maximum atomic E-state index is 4.60. The molecule has 1 aromatic rings. The average molecular weight is 276 g/mol. The molecule has 0 spiro atoms. The van der Waals surface area contributed by atoms with E-state index in [1.54, 1.807) is 0 Å². The fraction of sp³-hybridized carbons (Fsp3) is 0.750. The lowest BCUT2D eigenvalue weighted by Crippen LogP contribution is -2.20. The molecule has 4 nitrogen and oxygen atoms in total. The van der Waals surface area contributed by atoms with Crippen molar-refractivity contribution in [3.8, 4) is 0 Å². The van der Waals surface area contributed by atoms with E-state index in [0.717, 1.165) is 24.0 Å². The van der Waals surface area contributed by atoms with Crippen molar-refractivity contribution >= 4 is 11.8 Å². The summed E-state index contributed by atoms with van der Waals surface area (Å²) in [6.45, 7) is 7.31. The number of aryl methyl sites for hydroxylation is 1. The second-order valence-corrected chi connectivity index (χ2v) is 6.33. The summed E-state index contributed by atoms with van der Waals surface area (Å²) in [4.78, 5) is 9.05. The lowest BCUT2D eigenvalue weighted by molar-refractivity contribution is 0.617. The van der Waals surface area contributed by atoms with Gasteiger partial charge in [-0.1, -0.05) is 39.5 Å². The summed E-state index contributed by atoms with van der Waals surface area (Å²) in [5.74, 6) is 2.31. The molecule has 20 heavy (non-hydrogen) atoms. The summed E-state index contributed by atoms with van der Waals surface area (Å²) in [5, 5.41) is 6.91. The third-order valence-electron chi connectivity index (χ3n) is 3.73. The van der Waals surface area contributed by atoms with Crippen LogP contribution in [0, 0.1) is 12.8 Å². The first kappa shape index (κ1) is 15.1. The molecule has 1 aliphatic rings. The Labute approximate surface area is 122 Å². The van der Waals surface area contributed by atoms with E-state index in [4.69, 9.17) is 0 Å². The van der Waals surface area contributed by atoms with Gasteiger partial charge in [0, 0.05) is 24.3 Å². The molecule has 112 valence electrons. The number of rotatable bonds is 5. The molecular weight excluding hydrogens is 248 g/mol. The van der Waals surface area contributed by atoms with Crippen LogP contribution in [0.5, 0.6) is 0 Å². The largest absolute Gasteiger partial charge is 0.367 e. The van der Waals surface area contributed by atoms with Gasteiger partial charge in [0.2, 0.25) is 5.95 Å². The summed E-state index contributed by atoms with van der Waals surface area (Å²) >= 11 is 0. The van der Waals surface area contributed by atoms with Crippen LogP contribution in [0.25, 0.3) is 0 Å². The van der Waals surface area contributed by atoms with Crippen LogP contribution in [-0.2, 0) is 0 Å². The minimum atomic E-state index is 0.574. The Balaban J connectivity index is 1.99. The van der Waals surface area contributed by atoms with Crippen molar-refractivity contribution in [1.82, 2.24) is 9.97 Å². The van der Waals surface area contributed by atoms with Crippen LogP contribution in [0.2, 0.25) is 0 Å². The van der Waals surface area contributed by atoms with Gasteiger partial charge in [0.05, 0.1) is 0 Å². The maximum Gasteiger partial charge on any atom is 0.224 e. The maximum absolute atomic E-state index is 4.60. The van der Waals surface area contributed by atoms with E-state index in [0.29, 0.717) is 12.0 Å². The zero-order chi connectivity index (χ0) is 14.4.